The third-order valence-electron chi connectivity index (χ3n) is 4.37. The highest BCUT2D eigenvalue weighted by Gasteiger charge is 2.09. The van der Waals surface area contributed by atoms with Crippen LogP contribution in [0.25, 0.3) is 22.1 Å². The lowest BCUT2D eigenvalue weighted by atomic mass is 10.1. The van der Waals surface area contributed by atoms with Crippen LogP contribution in [0.15, 0.2) is 60.7 Å². The summed E-state index contributed by atoms with van der Waals surface area (Å²) in [7, 11) is 0. The Balaban J connectivity index is 1.69. The zero-order valence-corrected chi connectivity index (χ0v) is 14.1. The van der Waals surface area contributed by atoms with Gasteiger partial charge in [0.2, 0.25) is 0 Å². The first-order valence-corrected chi connectivity index (χ1v) is 8.15. The summed E-state index contributed by atoms with van der Waals surface area (Å²) >= 11 is 0. The van der Waals surface area contributed by atoms with Crippen molar-refractivity contribution in [3.8, 4) is 0 Å². The molecule has 1 heterocycles. The number of nitrogens with one attached hydrogen (secondary N) is 1. The van der Waals surface area contributed by atoms with Gasteiger partial charge < -0.3 is 5.32 Å². The van der Waals surface area contributed by atoms with Crippen LogP contribution in [0.1, 0.15) is 21.5 Å². The van der Waals surface area contributed by atoms with E-state index in [4.69, 9.17) is 0 Å². The molecule has 0 saturated heterocycles. The fraction of sp³-hybridized carbons (Fsp3) is 0.0952. The first-order valence-electron chi connectivity index (χ1n) is 8.15. The molecule has 0 saturated carbocycles. The molecule has 0 aliphatic rings. The van der Waals surface area contributed by atoms with Crippen LogP contribution in [0.4, 0.5) is 5.69 Å². The van der Waals surface area contributed by atoms with Gasteiger partial charge >= 0.3 is 0 Å². The number of benzene rings is 3. The van der Waals surface area contributed by atoms with E-state index in [1.807, 2.05) is 62.4 Å². The summed E-state index contributed by atoms with van der Waals surface area (Å²) in [5.74, 6) is -0.153. The monoisotopic (exact) mass is 327 g/mol. The SMILES string of the molecule is Cc1ccc(NC(=O)c2ccc3nc4ccccc4nc3c2)cc1C. The number of fused-ring (bicyclic) bond motifs is 2. The van der Waals surface area contributed by atoms with Crippen LogP contribution in [-0.4, -0.2) is 15.9 Å². The highest BCUT2D eigenvalue weighted by Crippen LogP contribution is 2.19. The number of hydrogen-bond donors (Lipinski definition) is 1. The molecule has 1 amide bonds. The predicted molar refractivity (Wildman–Crippen MR) is 101 cm³/mol. The minimum absolute atomic E-state index is 0.153. The molecule has 4 nitrogen and oxygen atoms in total. The summed E-state index contributed by atoms with van der Waals surface area (Å²) in [6.45, 7) is 4.08. The van der Waals surface area contributed by atoms with Gasteiger partial charge in [-0.1, -0.05) is 18.2 Å². The lowest BCUT2D eigenvalue weighted by Crippen LogP contribution is -2.12. The number of carbonyl (C=O) groups is 1. The fourth-order valence-electron chi connectivity index (χ4n) is 2.78. The fourth-order valence-corrected chi connectivity index (χ4v) is 2.78. The summed E-state index contributed by atoms with van der Waals surface area (Å²) in [4.78, 5) is 21.8. The van der Waals surface area contributed by atoms with Crippen molar-refractivity contribution in [3.63, 3.8) is 0 Å². The molecule has 3 aromatic carbocycles. The van der Waals surface area contributed by atoms with Crippen molar-refractivity contribution in [1.29, 1.82) is 0 Å². The second kappa shape index (κ2) is 5.98. The number of rotatable bonds is 2. The van der Waals surface area contributed by atoms with Crippen molar-refractivity contribution in [3.05, 3.63) is 77.4 Å². The van der Waals surface area contributed by atoms with E-state index >= 15 is 0 Å². The van der Waals surface area contributed by atoms with Crippen LogP contribution >= 0.6 is 0 Å². The van der Waals surface area contributed by atoms with E-state index < -0.39 is 0 Å². The number of carbonyl (C=O) groups excluding carboxylic acids is 1. The van der Waals surface area contributed by atoms with Gasteiger partial charge in [-0.3, -0.25) is 4.79 Å². The predicted octanol–water partition coefficient (Wildman–Crippen LogP) is 4.65. The molecule has 122 valence electrons. The summed E-state index contributed by atoms with van der Waals surface area (Å²) in [6.07, 6.45) is 0. The Kier molecular flexibility index (Phi) is 3.65. The first-order chi connectivity index (χ1) is 12.1. The van der Waals surface area contributed by atoms with Crippen LogP contribution < -0.4 is 5.32 Å². The molecule has 0 spiro atoms. The van der Waals surface area contributed by atoms with E-state index in [1.165, 1.54) is 5.56 Å². The van der Waals surface area contributed by atoms with Crippen LogP contribution in [0.5, 0.6) is 0 Å². The maximum atomic E-state index is 12.6. The van der Waals surface area contributed by atoms with Gasteiger partial charge in [0.1, 0.15) is 0 Å². The van der Waals surface area contributed by atoms with E-state index in [9.17, 15) is 4.79 Å². The minimum Gasteiger partial charge on any atom is -0.322 e. The molecule has 4 rings (SSSR count). The Labute approximate surface area is 145 Å². The van der Waals surface area contributed by atoms with Gasteiger partial charge in [0.25, 0.3) is 5.91 Å². The van der Waals surface area contributed by atoms with Gasteiger partial charge in [0.15, 0.2) is 0 Å². The first kappa shape index (κ1) is 15.3. The lowest BCUT2D eigenvalue weighted by Gasteiger charge is -2.08. The highest BCUT2D eigenvalue weighted by molar-refractivity contribution is 6.06. The number of anilines is 1. The standard InChI is InChI=1S/C21H17N3O/c1-13-7-9-16(11-14(13)2)22-21(25)15-8-10-19-20(12-15)24-18-6-4-3-5-17(18)23-19/h3-12H,1-2H3,(H,22,25). The van der Waals surface area contributed by atoms with Crippen molar-refractivity contribution in [2.24, 2.45) is 0 Å². The summed E-state index contributed by atoms with van der Waals surface area (Å²) < 4.78 is 0. The Hall–Kier alpha value is -3.27. The zero-order valence-electron chi connectivity index (χ0n) is 14.1. The second-order valence-electron chi connectivity index (χ2n) is 6.17. The molecule has 25 heavy (non-hydrogen) atoms. The quantitative estimate of drug-likeness (QED) is 0.545. The van der Waals surface area contributed by atoms with Crippen molar-refractivity contribution in [2.45, 2.75) is 13.8 Å². The lowest BCUT2D eigenvalue weighted by molar-refractivity contribution is 0.102. The number of amides is 1. The van der Waals surface area contributed by atoms with E-state index in [1.54, 1.807) is 12.1 Å². The second-order valence-corrected chi connectivity index (χ2v) is 6.17. The average molecular weight is 327 g/mol. The zero-order chi connectivity index (χ0) is 17.4. The Morgan fingerprint density at radius 3 is 2.16 bits per heavy atom. The molecule has 0 aliphatic heterocycles. The van der Waals surface area contributed by atoms with Gasteiger partial charge in [0.05, 0.1) is 22.1 Å². The molecular weight excluding hydrogens is 310 g/mol. The van der Waals surface area contributed by atoms with Gasteiger partial charge in [-0.05, 0) is 67.4 Å². The average Bonchev–Trinajstić information content (AvgIpc) is 2.62. The number of aromatic nitrogens is 2. The summed E-state index contributed by atoms with van der Waals surface area (Å²) in [5.41, 5.74) is 6.87. The van der Waals surface area contributed by atoms with Crippen LogP contribution in [0.3, 0.4) is 0 Å². The van der Waals surface area contributed by atoms with Crippen molar-refractivity contribution in [2.75, 3.05) is 5.32 Å². The summed E-state index contributed by atoms with van der Waals surface area (Å²) in [6, 6.07) is 19.0. The number of para-hydroxylation sites is 2. The molecule has 0 bridgehead atoms. The highest BCUT2D eigenvalue weighted by atomic mass is 16.1. The third-order valence-corrected chi connectivity index (χ3v) is 4.37. The maximum Gasteiger partial charge on any atom is 0.255 e. The van der Waals surface area contributed by atoms with Gasteiger partial charge in [0, 0.05) is 11.3 Å². The molecule has 0 radical (unpaired) electrons. The Bertz CT molecular complexity index is 1120. The van der Waals surface area contributed by atoms with E-state index in [0.717, 1.165) is 27.8 Å². The molecule has 0 atom stereocenters. The number of hydrogen-bond acceptors (Lipinski definition) is 3. The van der Waals surface area contributed by atoms with Crippen molar-refractivity contribution < 1.29 is 4.79 Å². The van der Waals surface area contributed by atoms with Crippen molar-refractivity contribution >= 4 is 33.7 Å². The van der Waals surface area contributed by atoms with Crippen LogP contribution in [0.2, 0.25) is 0 Å². The molecule has 1 aromatic heterocycles. The van der Waals surface area contributed by atoms with E-state index in [2.05, 4.69) is 15.3 Å². The molecular formula is C21H17N3O. The van der Waals surface area contributed by atoms with Gasteiger partial charge in [-0.25, -0.2) is 9.97 Å². The minimum atomic E-state index is -0.153. The third kappa shape index (κ3) is 2.94. The summed E-state index contributed by atoms with van der Waals surface area (Å²) in [5, 5.41) is 2.94. The molecule has 0 unspecified atom stereocenters. The molecule has 4 aromatic rings. The number of aryl methyl sites for hydroxylation is 2. The van der Waals surface area contributed by atoms with Gasteiger partial charge in [-0.15, -0.1) is 0 Å². The maximum absolute atomic E-state index is 12.6. The Morgan fingerprint density at radius 1 is 0.760 bits per heavy atom. The Morgan fingerprint density at radius 2 is 1.44 bits per heavy atom. The molecule has 4 heteroatoms. The largest absolute Gasteiger partial charge is 0.322 e. The van der Waals surface area contributed by atoms with Crippen LogP contribution in [0, 0.1) is 13.8 Å². The van der Waals surface area contributed by atoms with Crippen molar-refractivity contribution in [1.82, 2.24) is 9.97 Å². The van der Waals surface area contributed by atoms with Gasteiger partial charge in [-0.2, -0.15) is 0 Å². The van der Waals surface area contributed by atoms with E-state index in [0.29, 0.717) is 11.1 Å². The molecule has 1 N–H and O–H groups in total. The van der Waals surface area contributed by atoms with E-state index in [-0.39, 0.29) is 5.91 Å². The van der Waals surface area contributed by atoms with Crippen LogP contribution in [-0.2, 0) is 0 Å². The molecule has 0 aliphatic carbocycles. The normalized spacial score (nSPS) is 11.0. The number of nitrogens with zero attached hydrogens (tertiary/aromatic N) is 2. The smallest absolute Gasteiger partial charge is 0.255 e. The molecule has 0 fully saturated rings. The topological polar surface area (TPSA) is 54.9 Å².